The number of rotatable bonds is 2. The Morgan fingerprint density at radius 1 is 1.32 bits per heavy atom. The van der Waals surface area contributed by atoms with E-state index in [4.69, 9.17) is 17.2 Å². The first-order valence-electron chi connectivity index (χ1n) is 4.80. The highest BCUT2D eigenvalue weighted by molar-refractivity contribution is 5.93. The second kappa shape index (κ2) is 5.25. The molecule has 0 spiro atoms. The molecule has 0 saturated heterocycles. The fraction of sp³-hybridized carbons (Fsp3) is 0.111. The molecular formula is C9H10F2N6O2. The van der Waals surface area contributed by atoms with Crippen molar-refractivity contribution >= 4 is 23.3 Å². The summed E-state index contributed by atoms with van der Waals surface area (Å²) in [6.07, 6.45) is 0. The minimum absolute atomic E-state index is 0.421. The number of benzene rings is 1. The predicted molar refractivity (Wildman–Crippen MR) is 64.8 cm³/mol. The van der Waals surface area contributed by atoms with Gasteiger partial charge in [0.2, 0.25) is 11.8 Å². The zero-order valence-electron chi connectivity index (χ0n) is 9.72. The molecule has 1 rings (SSSR count). The Morgan fingerprint density at radius 2 is 1.89 bits per heavy atom. The lowest BCUT2D eigenvalue weighted by Gasteiger charge is -2.04. The van der Waals surface area contributed by atoms with Crippen LogP contribution >= 0.6 is 0 Å². The zero-order chi connectivity index (χ0) is 14.7. The Bertz CT molecular complexity index is 595. The van der Waals surface area contributed by atoms with E-state index >= 15 is 0 Å². The minimum atomic E-state index is -1.28. The summed E-state index contributed by atoms with van der Waals surface area (Å²) in [7, 11) is 0. The third kappa shape index (κ3) is 3.12. The van der Waals surface area contributed by atoms with Gasteiger partial charge in [0.1, 0.15) is 5.69 Å². The van der Waals surface area contributed by atoms with Gasteiger partial charge in [0.25, 0.3) is 0 Å². The van der Waals surface area contributed by atoms with Gasteiger partial charge in [0.05, 0.1) is 4.92 Å². The normalized spacial score (nSPS) is 11.2. The van der Waals surface area contributed by atoms with Crippen LogP contribution < -0.4 is 17.2 Å². The first-order valence-corrected chi connectivity index (χ1v) is 4.80. The van der Waals surface area contributed by atoms with Crippen LogP contribution in [0, 0.1) is 28.7 Å². The van der Waals surface area contributed by atoms with Crippen molar-refractivity contribution < 1.29 is 13.7 Å². The van der Waals surface area contributed by atoms with Crippen molar-refractivity contribution in [1.29, 1.82) is 0 Å². The molecule has 0 aromatic heterocycles. The van der Waals surface area contributed by atoms with E-state index in [2.05, 4.69) is 9.98 Å². The van der Waals surface area contributed by atoms with Crippen molar-refractivity contribution in [2.24, 2.45) is 27.2 Å². The molecule has 6 N–H and O–H groups in total. The minimum Gasteiger partial charge on any atom is -0.370 e. The van der Waals surface area contributed by atoms with Crippen LogP contribution in [0.1, 0.15) is 5.56 Å². The van der Waals surface area contributed by atoms with Gasteiger partial charge in [-0.1, -0.05) is 0 Å². The molecule has 0 aliphatic rings. The average molecular weight is 272 g/mol. The fourth-order valence-electron chi connectivity index (χ4n) is 1.23. The topological polar surface area (TPSA) is 146 Å². The first kappa shape index (κ1) is 14.3. The van der Waals surface area contributed by atoms with E-state index in [-0.39, 0.29) is 0 Å². The lowest BCUT2D eigenvalue weighted by atomic mass is 10.1. The molecule has 0 fully saturated rings. The second-order valence-electron chi connectivity index (χ2n) is 3.43. The zero-order valence-corrected chi connectivity index (χ0v) is 9.72. The van der Waals surface area contributed by atoms with E-state index in [0.717, 1.165) is 6.92 Å². The number of hydrogen-bond acceptors (Lipinski definition) is 3. The van der Waals surface area contributed by atoms with E-state index in [1.807, 2.05) is 0 Å². The molecule has 1 aromatic rings. The summed E-state index contributed by atoms with van der Waals surface area (Å²) in [5, 5.41) is 10.6. The Kier molecular flexibility index (Phi) is 3.94. The van der Waals surface area contributed by atoms with Crippen molar-refractivity contribution in [2.45, 2.75) is 6.92 Å². The van der Waals surface area contributed by atoms with Crippen LogP contribution in [0.5, 0.6) is 0 Å². The summed E-state index contributed by atoms with van der Waals surface area (Å²) in [5.74, 6) is -3.30. The fourth-order valence-corrected chi connectivity index (χ4v) is 1.23. The van der Waals surface area contributed by atoms with Gasteiger partial charge in [-0.2, -0.15) is 9.38 Å². The van der Waals surface area contributed by atoms with Crippen LogP contribution in [-0.2, 0) is 0 Å². The molecule has 1 aromatic carbocycles. The van der Waals surface area contributed by atoms with E-state index in [1.165, 1.54) is 0 Å². The number of hydrogen-bond donors (Lipinski definition) is 3. The van der Waals surface area contributed by atoms with Crippen molar-refractivity contribution in [3.8, 4) is 0 Å². The molecule has 0 radical (unpaired) electrons. The van der Waals surface area contributed by atoms with Crippen molar-refractivity contribution in [2.75, 3.05) is 0 Å². The van der Waals surface area contributed by atoms with Crippen LogP contribution in [0.15, 0.2) is 16.1 Å². The van der Waals surface area contributed by atoms with Crippen molar-refractivity contribution in [1.82, 2.24) is 0 Å². The molecule has 0 saturated carbocycles. The van der Waals surface area contributed by atoms with E-state index in [0.29, 0.717) is 6.07 Å². The Labute approximate surface area is 105 Å². The first-order chi connectivity index (χ1) is 8.73. The third-order valence-electron chi connectivity index (χ3n) is 2.06. The molecule has 0 heterocycles. The Hall–Kier alpha value is -2.78. The summed E-state index contributed by atoms with van der Waals surface area (Å²) in [6, 6.07) is 0.604. The maximum absolute atomic E-state index is 13.7. The number of halogens is 2. The highest BCUT2D eigenvalue weighted by Gasteiger charge is 2.22. The maximum atomic E-state index is 13.7. The highest BCUT2D eigenvalue weighted by atomic mass is 19.1. The number of nitro groups is 1. The molecule has 10 heteroatoms. The standard InChI is InChI=1S/C9H10F2N6O2/c1-3-6(10)4(15-9(14)16-8(12)13)2-5(7(3)11)17(18)19/h2H,1H3,(H6,12,13,14,15,16). The Morgan fingerprint density at radius 3 is 2.37 bits per heavy atom. The molecule has 0 atom stereocenters. The monoisotopic (exact) mass is 272 g/mol. The number of nitrogens with two attached hydrogens (primary N) is 3. The summed E-state index contributed by atoms with van der Waals surface area (Å²) >= 11 is 0. The number of nitro benzene ring substituents is 1. The highest BCUT2D eigenvalue weighted by Crippen LogP contribution is 2.30. The van der Waals surface area contributed by atoms with Gasteiger partial charge >= 0.3 is 5.69 Å². The van der Waals surface area contributed by atoms with Crippen molar-refractivity contribution in [3.05, 3.63) is 33.4 Å². The number of nitrogens with zero attached hydrogens (tertiary/aromatic N) is 3. The molecule has 19 heavy (non-hydrogen) atoms. The summed E-state index contributed by atoms with van der Waals surface area (Å²) in [6.45, 7) is 1.04. The van der Waals surface area contributed by atoms with Crippen molar-refractivity contribution in [3.63, 3.8) is 0 Å². The van der Waals surface area contributed by atoms with Crippen LogP contribution in [-0.4, -0.2) is 16.8 Å². The van der Waals surface area contributed by atoms with Gasteiger partial charge in [-0.3, -0.25) is 10.1 Å². The molecule has 0 bridgehead atoms. The molecule has 8 nitrogen and oxygen atoms in total. The molecular weight excluding hydrogens is 262 g/mol. The van der Waals surface area contributed by atoms with Gasteiger partial charge in [-0.05, 0) is 6.92 Å². The van der Waals surface area contributed by atoms with Gasteiger partial charge in [-0.15, -0.1) is 0 Å². The molecule has 0 amide bonds. The molecule has 0 aliphatic carbocycles. The third-order valence-corrected chi connectivity index (χ3v) is 2.06. The quantitative estimate of drug-likeness (QED) is 0.308. The van der Waals surface area contributed by atoms with Crippen LogP contribution in [0.3, 0.4) is 0 Å². The predicted octanol–water partition coefficient (Wildman–Crippen LogP) is 0.401. The van der Waals surface area contributed by atoms with Crippen LogP contribution in [0.25, 0.3) is 0 Å². The molecule has 0 unspecified atom stereocenters. The Balaban J connectivity index is 3.45. The summed E-state index contributed by atoms with van der Waals surface area (Å²) in [5.41, 5.74) is 13.3. The van der Waals surface area contributed by atoms with Crippen LogP contribution in [0.4, 0.5) is 20.2 Å². The van der Waals surface area contributed by atoms with E-state index in [9.17, 15) is 18.9 Å². The van der Waals surface area contributed by atoms with E-state index < -0.39 is 45.4 Å². The summed E-state index contributed by atoms with van der Waals surface area (Å²) < 4.78 is 27.1. The average Bonchev–Trinajstić information content (AvgIpc) is 2.28. The summed E-state index contributed by atoms with van der Waals surface area (Å²) in [4.78, 5) is 16.3. The van der Waals surface area contributed by atoms with Gasteiger partial charge in [0.15, 0.2) is 11.8 Å². The molecule has 102 valence electrons. The SMILES string of the molecule is Cc1c(F)c(N=C(N)N=C(N)N)cc([N+](=O)[O-])c1F. The number of guanidine groups is 2. The van der Waals surface area contributed by atoms with Gasteiger partial charge in [0, 0.05) is 11.6 Å². The lowest BCUT2D eigenvalue weighted by Crippen LogP contribution is -2.26. The smallest absolute Gasteiger partial charge is 0.307 e. The second-order valence-corrected chi connectivity index (χ2v) is 3.43. The van der Waals surface area contributed by atoms with Crippen LogP contribution in [0.2, 0.25) is 0 Å². The molecule has 0 aliphatic heterocycles. The van der Waals surface area contributed by atoms with Gasteiger partial charge < -0.3 is 17.2 Å². The van der Waals surface area contributed by atoms with Gasteiger partial charge in [-0.25, -0.2) is 9.38 Å². The number of aliphatic imine (C=N–C) groups is 2. The largest absolute Gasteiger partial charge is 0.370 e. The lowest BCUT2D eigenvalue weighted by molar-refractivity contribution is -0.387. The van der Waals surface area contributed by atoms with E-state index in [1.54, 1.807) is 0 Å². The maximum Gasteiger partial charge on any atom is 0.307 e.